The summed E-state index contributed by atoms with van der Waals surface area (Å²) in [6, 6.07) is 22.0. The molecule has 1 fully saturated rings. The SMILES string of the molecule is CC1(C)C(Cc2ccccc2)C(N2CCCCCC2)=CC=[N+]1CCCc1ccccc1. The van der Waals surface area contributed by atoms with E-state index in [-0.39, 0.29) is 5.54 Å². The topological polar surface area (TPSA) is 6.25 Å². The first-order valence-corrected chi connectivity index (χ1v) is 12.3. The van der Waals surface area contributed by atoms with Crippen molar-refractivity contribution in [2.24, 2.45) is 5.92 Å². The first kappa shape index (κ1) is 21.9. The van der Waals surface area contributed by atoms with E-state index in [2.05, 4.69) is 96.3 Å². The number of benzene rings is 2. The van der Waals surface area contributed by atoms with Crippen LogP contribution in [-0.2, 0) is 12.8 Å². The number of hydrogen-bond acceptors (Lipinski definition) is 1. The second-order valence-electron chi connectivity index (χ2n) is 9.82. The van der Waals surface area contributed by atoms with E-state index in [0.29, 0.717) is 5.92 Å². The highest BCUT2D eigenvalue weighted by atomic mass is 15.2. The fourth-order valence-corrected chi connectivity index (χ4v) is 5.36. The quantitative estimate of drug-likeness (QED) is 0.494. The molecule has 0 N–H and O–H groups in total. The van der Waals surface area contributed by atoms with Crippen LogP contribution in [0, 0.1) is 5.92 Å². The van der Waals surface area contributed by atoms with Crippen LogP contribution < -0.4 is 0 Å². The molecule has 1 saturated heterocycles. The molecule has 2 heteroatoms. The number of aryl methyl sites for hydroxylation is 1. The monoisotopic (exact) mass is 415 g/mol. The van der Waals surface area contributed by atoms with E-state index in [1.54, 1.807) is 5.70 Å². The summed E-state index contributed by atoms with van der Waals surface area (Å²) in [4.78, 5) is 2.71. The molecule has 0 saturated carbocycles. The lowest BCUT2D eigenvalue weighted by atomic mass is 9.77. The van der Waals surface area contributed by atoms with Gasteiger partial charge in [-0.3, -0.25) is 0 Å². The standard InChI is InChI=1S/C29H39N2/c1-29(2)27(24-26-16-9-6-10-17-26)28(30-20-11-3-4-12-21-30)19-23-31(29)22-13-18-25-14-7-5-8-15-25/h5-10,14-17,19,23,27H,3-4,11-13,18,20-22,24H2,1-2H3/q+1. The summed E-state index contributed by atoms with van der Waals surface area (Å²) in [5.74, 6) is 0.509. The molecule has 2 aromatic carbocycles. The highest BCUT2D eigenvalue weighted by Crippen LogP contribution is 2.36. The van der Waals surface area contributed by atoms with Crippen molar-refractivity contribution in [1.82, 2.24) is 4.90 Å². The van der Waals surface area contributed by atoms with Crippen LogP contribution in [0.1, 0.15) is 57.1 Å². The lowest BCUT2D eigenvalue weighted by molar-refractivity contribution is -0.607. The van der Waals surface area contributed by atoms with E-state index < -0.39 is 0 Å². The fourth-order valence-electron chi connectivity index (χ4n) is 5.36. The molecule has 164 valence electrons. The number of rotatable bonds is 7. The molecule has 2 aromatic rings. The first-order chi connectivity index (χ1) is 15.1. The second-order valence-corrected chi connectivity index (χ2v) is 9.82. The smallest absolute Gasteiger partial charge is 0.165 e. The van der Waals surface area contributed by atoms with Gasteiger partial charge in [0.15, 0.2) is 11.8 Å². The summed E-state index contributed by atoms with van der Waals surface area (Å²) in [7, 11) is 0. The van der Waals surface area contributed by atoms with Crippen LogP contribution in [0.5, 0.6) is 0 Å². The summed E-state index contributed by atoms with van der Waals surface area (Å²) < 4.78 is 2.62. The number of hydrogen-bond donors (Lipinski definition) is 0. The Morgan fingerprint density at radius 3 is 2.10 bits per heavy atom. The van der Waals surface area contributed by atoms with E-state index in [0.717, 1.165) is 19.4 Å². The van der Waals surface area contributed by atoms with Crippen LogP contribution in [0.2, 0.25) is 0 Å². The Bertz CT molecular complexity index is 871. The van der Waals surface area contributed by atoms with Gasteiger partial charge in [0.25, 0.3) is 0 Å². The van der Waals surface area contributed by atoms with Crippen LogP contribution in [-0.4, -0.2) is 40.9 Å². The van der Waals surface area contributed by atoms with Gasteiger partial charge >= 0.3 is 0 Å². The summed E-state index contributed by atoms with van der Waals surface area (Å²) >= 11 is 0. The predicted octanol–water partition coefficient (Wildman–Crippen LogP) is 6.11. The highest BCUT2D eigenvalue weighted by molar-refractivity contribution is 5.69. The minimum Gasteiger partial charge on any atom is -0.374 e. The third-order valence-corrected chi connectivity index (χ3v) is 7.34. The van der Waals surface area contributed by atoms with E-state index in [1.165, 1.54) is 56.3 Å². The highest BCUT2D eigenvalue weighted by Gasteiger charge is 2.44. The molecule has 4 rings (SSSR count). The van der Waals surface area contributed by atoms with Crippen molar-refractivity contribution in [3.63, 3.8) is 0 Å². The van der Waals surface area contributed by atoms with Crippen molar-refractivity contribution in [3.05, 3.63) is 83.6 Å². The lowest BCUT2D eigenvalue weighted by Gasteiger charge is -2.40. The van der Waals surface area contributed by atoms with Crippen LogP contribution in [0.3, 0.4) is 0 Å². The van der Waals surface area contributed by atoms with Gasteiger partial charge in [-0.15, -0.1) is 0 Å². The van der Waals surface area contributed by atoms with Gasteiger partial charge in [-0.2, -0.15) is 0 Å². The Morgan fingerprint density at radius 1 is 0.839 bits per heavy atom. The van der Waals surface area contributed by atoms with Gasteiger partial charge in [-0.05, 0) is 36.8 Å². The largest absolute Gasteiger partial charge is 0.374 e. The maximum absolute atomic E-state index is 2.71. The molecule has 0 bridgehead atoms. The van der Waals surface area contributed by atoms with E-state index in [1.807, 2.05) is 0 Å². The van der Waals surface area contributed by atoms with Gasteiger partial charge < -0.3 is 4.90 Å². The molecular formula is C29H39N2+. The fraction of sp³-hybridized carbons (Fsp3) is 0.483. The van der Waals surface area contributed by atoms with Gasteiger partial charge in [0.1, 0.15) is 6.54 Å². The minimum absolute atomic E-state index is 0.100. The molecule has 0 spiro atoms. The van der Waals surface area contributed by atoms with Gasteiger partial charge in [0.05, 0.1) is 5.92 Å². The van der Waals surface area contributed by atoms with Crippen molar-refractivity contribution in [2.45, 2.75) is 64.3 Å². The number of likely N-dealkylation sites (tertiary alicyclic amines) is 1. The van der Waals surface area contributed by atoms with E-state index in [4.69, 9.17) is 0 Å². The Labute approximate surface area is 189 Å². The van der Waals surface area contributed by atoms with E-state index >= 15 is 0 Å². The minimum atomic E-state index is 0.100. The third-order valence-electron chi connectivity index (χ3n) is 7.34. The van der Waals surface area contributed by atoms with Crippen molar-refractivity contribution < 1.29 is 4.58 Å². The molecule has 31 heavy (non-hydrogen) atoms. The zero-order chi connectivity index (χ0) is 21.5. The van der Waals surface area contributed by atoms with Gasteiger partial charge in [-0.1, -0.05) is 73.5 Å². The molecule has 1 atom stereocenters. The van der Waals surface area contributed by atoms with E-state index in [9.17, 15) is 0 Å². The average Bonchev–Trinajstić information content (AvgIpc) is 3.07. The molecule has 0 amide bonds. The zero-order valence-corrected chi connectivity index (χ0v) is 19.5. The molecule has 2 aliphatic rings. The van der Waals surface area contributed by atoms with Crippen molar-refractivity contribution in [3.8, 4) is 0 Å². The molecule has 1 unspecified atom stereocenters. The predicted molar refractivity (Wildman–Crippen MR) is 132 cm³/mol. The zero-order valence-electron chi connectivity index (χ0n) is 19.5. The molecule has 0 aromatic heterocycles. The van der Waals surface area contributed by atoms with Crippen molar-refractivity contribution >= 4 is 6.21 Å². The molecular weight excluding hydrogens is 376 g/mol. The summed E-state index contributed by atoms with van der Waals surface area (Å²) in [6.07, 6.45) is 13.7. The van der Waals surface area contributed by atoms with Crippen molar-refractivity contribution in [1.29, 1.82) is 0 Å². The Morgan fingerprint density at radius 2 is 1.45 bits per heavy atom. The van der Waals surface area contributed by atoms with Crippen LogP contribution in [0.15, 0.2) is 72.4 Å². The second kappa shape index (κ2) is 10.3. The number of allylic oxidation sites excluding steroid dienone is 1. The Balaban J connectivity index is 1.55. The Kier molecular flexibility index (Phi) is 7.27. The molecule has 0 radical (unpaired) electrons. The molecule has 2 heterocycles. The normalized spacial score (nSPS) is 21.2. The molecule has 2 aliphatic heterocycles. The first-order valence-electron chi connectivity index (χ1n) is 12.3. The van der Waals surface area contributed by atoms with Crippen LogP contribution in [0.4, 0.5) is 0 Å². The lowest BCUT2D eigenvalue weighted by Crippen LogP contribution is -2.51. The average molecular weight is 416 g/mol. The maximum atomic E-state index is 2.71. The molecule has 2 nitrogen and oxygen atoms in total. The van der Waals surface area contributed by atoms with Gasteiger partial charge in [-0.25, -0.2) is 4.58 Å². The van der Waals surface area contributed by atoms with Gasteiger partial charge in [0.2, 0.25) is 0 Å². The van der Waals surface area contributed by atoms with Crippen LogP contribution in [0.25, 0.3) is 0 Å². The van der Waals surface area contributed by atoms with Crippen LogP contribution >= 0.6 is 0 Å². The summed E-state index contributed by atoms with van der Waals surface area (Å²) in [6.45, 7) is 8.47. The Hall–Kier alpha value is -2.35. The van der Waals surface area contributed by atoms with Crippen molar-refractivity contribution in [2.75, 3.05) is 19.6 Å². The summed E-state index contributed by atoms with van der Waals surface area (Å²) in [5.41, 5.74) is 4.56. The van der Waals surface area contributed by atoms with Gasteiger partial charge in [0, 0.05) is 45.1 Å². The third kappa shape index (κ3) is 5.47. The number of nitrogens with zero attached hydrogens (tertiary/aromatic N) is 2. The molecule has 0 aliphatic carbocycles. The summed E-state index contributed by atoms with van der Waals surface area (Å²) in [5, 5.41) is 0. The maximum Gasteiger partial charge on any atom is 0.165 e.